The molecule has 1 unspecified atom stereocenters. The summed E-state index contributed by atoms with van der Waals surface area (Å²) in [4.78, 5) is 34.9. The van der Waals surface area contributed by atoms with Crippen LogP contribution >= 0.6 is 24.2 Å². The largest absolute Gasteiger partial charge is 0.355 e. The third kappa shape index (κ3) is 6.80. The van der Waals surface area contributed by atoms with Crippen LogP contribution < -0.4 is 11.1 Å². The van der Waals surface area contributed by atoms with Crippen molar-refractivity contribution in [2.75, 3.05) is 31.9 Å². The molecule has 2 heterocycles. The minimum absolute atomic E-state index is 0. The smallest absolute Gasteiger partial charge is 0.233 e. The van der Waals surface area contributed by atoms with Crippen molar-refractivity contribution in [3.63, 3.8) is 0 Å². The molecule has 1 aliphatic heterocycles. The van der Waals surface area contributed by atoms with Crippen molar-refractivity contribution in [3.05, 3.63) is 17.5 Å². The molecule has 25 heavy (non-hydrogen) atoms. The number of aromatic nitrogens is 2. The van der Waals surface area contributed by atoms with Gasteiger partial charge in [-0.3, -0.25) is 9.59 Å². The van der Waals surface area contributed by atoms with E-state index in [1.165, 1.54) is 11.8 Å². The average Bonchev–Trinajstić information content (AvgIpc) is 2.56. The Kier molecular flexibility index (Phi) is 9.16. The molecule has 0 aromatic carbocycles. The highest BCUT2D eigenvalue weighted by Crippen LogP contribution is 2.20. The van der Waals surface area contributed by atoms with Gasteiger partial charge in [0.25, 0.3) is 0 Å². The fraction of sp³-hybridized carbons (Fsp3) is 0.625. The van der Waals surface area contributed by atoms with Gasteiger partial charge in [-0.1, -0.05) is 11.8 Å². The quantitative estimate of drug-likeness (QED) is 0.556. The molecule has 1 aliphatic rings. The zero-order chi connectivity index (χ0) is 17.5. The Morgan fingerprint density at radius 2 is 2.04 bits per heavy atom. The van der Waals surface area contributed by atoms with Gasteiger partial charge in [0.15, 0.2) is 5.16 Å². The summed E-state index contributed by atoms with van der Waals surface area (Å²) >= 11 is 1.34. The van der Waals surface area contributed by atoms with Gasteiger partial charge in [-0.05, 0) is 32.8 Å². The summed E-state index contributed by atoms with van der Waals surface area (Å²) in [6, 6.07) is 1.90. The molecule has 1 fully saturated rings. The molecular weight excluding hydrogens is 362 g/mol. The minimum Gasteiger partial charge on any atom is -0.355 e. The summed E-state index contributed by atoms with van der Waals surface area (Å²) in [5, 5.41) is 3.43. The van der Waals surface area contributed by atoms with Crippen LogP contribution in [-0.2, 0) is 9.59 Å². The van der Waals surface area contributed by atoms with E-state index < -0.39 is 0 Å². The van der Waals surface area contributed by atoms with Crippen molar-refractivity contribution >= 4 is 36.0 Å². The van der Waals surface area contributed by atoms with E-state index in [2.05, 4.69) is 15.3 Å². The molecule has 0 saturated carbocycles. The highest BCUT2D eigenvalue weighted by molar-refractivity contribution is 7.99. The number of rotatable bonds is 6. The van der Waals surface area contributed by atoms with Crippen LogP contribution in [0.1, 0.15) is 24.2 Å². The molecule has 3 N–H and O–H groups in total. The first-order valence-electron chi connectivity index (χ1n) is 8.20. The number of carbonyl (C=O) groups is 2. The number of nitrogens with zero attached hydrogens (tertiary/aromatic N) is 3. The minimum atomic E-state index is -0.142. The summed E-state index contributed by atoms with van der Waals surface area (Å²) in [6.07, 6.45) is 1.66. The van der Waals surface area contributed by atoms with Gasteiger partial charge in [-0.2, -0.15) is 0 Å². The van der Waals surface area contributed by atoms with E-state index in [4.69, 9.17) is 5.73 Å². The molecule has 1 aromatic rings. The van der Waals surface area contributed by atoms with E-state index in [-0.39, 0.29) is 30.1 Å². The number of hydrogen-bond donors (Lipinski definition) is 2. The molecule has 0 radical (unpaired) electrons. The first-order valence-corrected chi connectivity index (χ1v) is 9.19. The average molecular weight is 388 g/mol. The van der Waals surface area contributed by atoms with Crippen molar-refractivity contribution in [1.29, 1.82) is 0 Å². The van der Waals surface area contributed by atoms with E-state index in [0.717, 1.165) is 24.2 Å². The molecule has 0 aliphatic carbocycles. The second kappa shape index (κ2) is 10.6. The van der Waals surface area contributed by atoms with E-state index in [0.29, 0.717) is 37.1 Å². The van der Waals surface area contributed by atoms with Crippen LogP contribution in [0.5, 0.6) is 0 Å². The summed E-state index contributed by atoms with van der Waals surface area (Å²) in [5.74, 6) is 0.166. The molecule has 1 saturated heterocycles. The van der Waals surface area contributed by atoms with Gasteiger partial charge in [0.1, 0.15) is 0 Å². The number of amides is 2. The standard InChI is InChI=1S/C16H25N5O2S.ClH/c1-11-8-12(2)20-16(19-11)24-10-14(22)21-7-3-4-13(9-21)15(23)18-6-5-17;/h8,13H,3-7,9-10,17H2,1-2H3,(H,18,23);1H. The maximum absolute atomic E-state index is 12.4. The van der Waals surface area contributed by atoms with Gasteiger partial charge in [-0.25, -0.2) is 9.97 Å². The number of nitrogens with two attached hydrogens (primary N) is 1. The van der Waals surface area contributed by atoms with Crippen LogP contribution in [0.25, 0.3) is 0 Å². The van der Waals surface area contributed by atoms with Crippen LogP contribution in [0.15, 0.2) is 11.2 Å². The van der Waals surface area contributed by atoms with Crippen LogP contribution in [-0.4, -0.2) is 58.6 Å². The molecule has 2 amide bonds. The second-order valence-corrected chi connectivity index (χ2v) is 6.92. The predicted octanol–water partition coefficient (Wildman–Crippen LogP) is 0.921. The molecule has 2 rings (SSSR count). The lowest BCUT2D eigenvalue weighted by Gasteiger charge is -2.32. The summed E-state index contributed by atoms with van der Waals surface area (Å²) in [6.45, 7) is 5.90. The highest BCUT2D eigenvalue weighted by Gasteiger charge is 2.28. The molecule has 1 atom stereocenters. The van der Waals surface area contributed by atoms with E-state index in [1.54, 1.807) is 4.90 Å². The van der Waals surface area contributed by atoms with Gasteiger partial charge in [0.05, 0.1) is 11.7 Å². The van der Waals surface area contributed by atoms with Crippen LogP contribution in [0.3, 0.4) is 0 Å². The van der Waals surface area contributed by atoms with Crippen LogP contribution in [0.4, 0.5) is 0 Å². The fourth-order valence-electron chi connectivity index (χ4n) is 2.73. The SMILES string of the molecule is Cc1cc(C)nc(SCC(=O)N2CCCC(C(=O)NCCN)C2)n1.Cl. The van der Waals surface area contributed by atoms with Gasteiger partial charge in [-0.15, -0.1) is 12.4 Å². The van der Waals surface area contributed by atoms with Gasteiger partial charge in [0.2, 0.25) is 11.8 Å². The molecule has 9 heteroatoms. The summed E-state index contributed by atoms with van der Waals surface area (Å²) in [5.41, 5.74) is 7.19. The number of piperidine rings is 1. The molecule has 0 bridgehead atoms. The number of hydrogen-bond acceptors (Lipinski definition) is 6. The number of thioether (sulfide) groups is 1. The van der Waals surface area contributed by atoms with Crippen molar-refractivity contribution in [1.82, 2.24) is 20.2 Å². The Labute approximate surface area is 158 Å². The first kappa shape index (κ1) is 21.7. The van der Waals surface area contributed by atoms with Gasteiger partial charge in [0, 0.05) is 37.6 Å². The fourth-order valence-corrected chi connectivity index (χ4v) is 3.59. The third-order valence-electron chi connectivity index (χ3n) is 3.87. The van der Waals surface area contributed by atoms with Gasteiger partial charge >= 0.3 is 0 Å². The zero-order valence-electron chi connectivity index (χ0n) is 14.7. The third-order valence-corrected chi connectivity index (χ3v) is 4.71. The molecule has 7 nitrogen and oxygen atoms in total. The lowest BCUT2D eigenvalue weighted by molar-refractivity contribution is -0.133. The number of nitrogens with one attached hydrogen (secondary N) is 1. The first-order chi connectivity index (χ1) is 11.5. The Hall–Kier alpha value is -1.38. The Balaban J connectivity index is 0.00000312. The Bertz CT molecular complexity index is 582. The van der Waals surface area contributed by atoms with Crippen LogP contribution in [0.2, 0.25) is 0 Å². The van der Waals surface area contributed by atoms with Crippen molar-refractivity contribution in [2.24, 2.45) is 11.7 Å². The van der Waals surface area contributed by atoms with Crippen LogP contribution in [0, 0.1) is 19.8 Å². The summed E-state index contributed by atoms with van der Waals surface area (Å²) < 4.78 is 0. The Morgan fingerprint density at radius 3 is 2.68 bits per heavy atom. The second-order valence-electron chi connectivity index (χ2n) is 5.98. The van der Waals surface area contributed by atoms with Crippen molar-refractivity contribution < 1.29 is 9.59 Å². The van der Waals surface area contributed by atoms with Crippen molar-refractivity contribution in [3.8, 4) is 0 Å². The maximum atomic E-state index is 12.4. The normalized spacial score (nSPS) is 16.9. The maximum Gasteiger partial charge on any atom is 0.233 e. The molecular formula is C16H26ClN5O2S. The zero-order valence-corrected chi connectivity index (χ0v) is 16.3. The number of halogens is 1. The molecule has 0 spiro atoms. The number of carbonyl (C=O) groups excluding carboxylic acids is 2. The molecule has 140 valence electrons. The number of aryl methyl sites for hydroxylation is 2. The topological polar surface area (TPSA) is 101 Å². The Morgan fingerprint density at radius 1 is 1.36 bits per heavy atom. The van der Waals surface area contributed by atoms with Gasteiger partial charge < -0.3 is 16.0 Å². The molecule has 1 aromatic heterocycles. The van der Waals surface area contributed by atoms with E-state index in [9.17, 15) is 9.59 Å². The lowest BCUT2D eigenvalue weighted by atomic mass is 9.97. The monoisotopic (exact) mass is 387 g/mol. The highest BCUT2D eigenvalue weighted by atomic mass is 35.5. The van der Waals surface area contributed by atoms with Crippen molar-refractivity contribution in [2.45, 2.75) is 31.8 Å². The van der Waals surface area contributed by atoms with E-state index >= 15 is 0 Å². The summed E-state index contributed by atoms with van der Waals surface area (Å²) in [7, 11) is 0. The lowest BCUT2D eigenvalue weighted by Crippen LogP contribution is -2.46. The number of likely N-dealkylation sites (tertiary alicyclic amines) is 1. The predicted molar refractivity (Wildman–Crippen MR) is 101 cm³/mol. The van der Waals surface area contributed by atoms with E-state index in [1.807, 2.05) is 19.9 Å².